The molecule has 1 aromatic carbocycles. The molecule has 112 valence electrons. The Bertz CT molecular complexity index is 833. The van der Waals surface area contributed by atoms with Gasteiger partial charge < -0.3 is 5.32 Å². The highest BCUT2D eigenvalue weighted by molar-refractivity contribution is 7.15. The lowest BCUT2D eigenvalue weighted by molar-refractivity contribution is -0.116. The molecule has 2 heterocycles. The Morgan fingerprint density at radius 3 is 2.95 bits per heavy atom. The second-order valence-corrected chi connectivity index (χ2v) is 6.11. The lowest BCUT2D eigenvalue weighted by Gasteiger charge is -2.03. The van der Waals surface area contributed by atoms with E-state index >= 15 is 0 Å². The molecule has 0 spiro atoms. The van der Waals surface area contributed by atoms with Crippen LogP contribution in [0.2, 0.25) is 5.15 Å². The zero-order valence-corrected chi connectivity index (χ0v) is 13.5. The van der Waals surface area contributed by atoms with Crippen LogP contribution in [0.4, 0.5) is 0 Å². The standard InChI is InChI=1S/C16H14ClN3OS/c1-11-2-4-12(5-3-11)10-18-14(21)7-6-13-15(17)19-16-20(13)8-9-22-16/h2-9H,10H2,1H3,(H,18,21)/b7-6+. The van der Waals surface area contributed by atoms with E-state index in [9.17, 15) is 4.79 Å². The van der Waals surface area contributed by atoms with Crippen molar-refractivity contribution in [1.82, 2.24) is 14.7 Å². The summed E-state index contributed by atoms with van der Waals surface area (Å²) in [6.07, 6.45) is 5.03. The van der Waals surface area contributed by atoms with Crippen LogP contribution in [0.3, 0.4) is 0 Å². The predicted octanol–water partition coefficient (Wildman–Crippen LogP) is 3.69. The van der Waals surface area contributed by atoms with E-state index in [1.807, 2.05) is 47.2 Å². The van der Waals surface area contributed by atoms with Crippen LogP contribution in [-0.2, 0) is 11.3 Å². The molecule has 0 aliphatic carbocycles. The summed E-state index contributed by atoms with van der Waals surface area (Å²) < 4.78 is 1.86. The number of halogens is 1. The van der Waals surface area contributed by atoms with Gasteiger partial charge in [0.15, 0.2) is 10.1 Å². The molecule has 0 aliphatic rings. The maximum Gasteiger partial charge on any atom is 0.244 e. The van der Waals surface area contributed by atoms with Gasteiger partial charge >= 0.3 is 0 Å². The van der Waals surface area contributed by atoms with E-state index in [0.29, 0.717) is 17.4 Å². The van der Waals surface area contributed by atoms with Crippen molar-refractivity contribution in [3.05, 3.63) is 63.9 Å². The molecule has 1 N–H and O–H groups in total. The van der Waals surface area contributed by atoms with Crippen molar-refractivity contribution < 1.29 is 4.79 Å². The fourth-order valence-electron chi connectivity index (χ4n) is 2.03. The predicted molar refractivity (Wildman–Crippen MR) is 90.1 cm³/mol. The highest BCUT2D eigenvalue weighted by atomic mass is 35.5. The monoisotopic (exact) mass is 331 g/mol. The number of carbonyl (C=O) groups is 1. The number of rotatable bonds is 4. The molecule has 0 fully saturated rings. The van der Waals surface area contributed by atoms with Gasteiger partial charge in [-0.2, -0.15) is 0 Å². The Balaban J connectivity index is 1.65. The Hall–Kier alpha value is -2.11. The van der Waals surface area contributed by atoms with E-state index in [0.717, 1.165) is 10.5 Å². The highest BCUT2D eigenvalue weighted by Crippen LogP contribution is 2.22. The Morgan fingerprint density at radius 2 is 2.18 bits per heavy atom. The van der Waals surface area contributed by atoms with Gasteiger partial charge in [-0.1, -0.05) is 41.4 Å². The molecule has 0 saturated heterocycles. The highest BCUT2D eigenvalue weighted by Gasteiger charge is 2.08. The second kappa shape index (κ2) is 6.34. The number of carbonyl (C=O) groups excluding carboxylic acids is 1. The summed E-state index contributed by atoms with van der Waals surface area (Å²) in [7, 11) is 0. The number of aromatic nitrogens is 2. The SMILES string of the molecule is Cc1ccc(CNC(=O)/C=C/c2c(Cl)nc3sccn23)cc1. The summed E-state index contributed by atoms with van der Waals surface area (Å²) in [5.74, 6) is -0.165. The molecular formula is C16H14ClN3OS. The molecule has 0 unspecified atom stereocenters. The molecule has 3 rings (SSSR count). The van der Waals surface area contributed by atoms with Gasteiger partial charge in [0.05, 0.1) is 5.69 Å². The molecule has 22 heavy (non-hydrogen) atoms. The third kappa shape index (κ3) is 3.21. The molecule has 0 radical (unpaired) electrons. The topological polar surface area (TPSA) is 46.4 Å². The van der Waals surface area contributed by atoms with Gasteiger partial charge in [0.25, 0.3) is 0 Å². The third-order valence-electron chi connectivity index (χ3n) is 3.23. The minimum atomic E-state index is -0.165. The molecule has 1 amide bonds. The first-order valence-electron chi connectivity index (χ1n) is 6.76. The number of thiazole rings is 1. The number of nitrogens with one attached hydrogen (secondary N) is 1. The van der Waals surface area contributed by atoms with Crippen LogP contribution in [0.25, 0.3) is 11.0 Å². The molecule has 3 aromatic rings. The first-order chi connectivity index (χ1) is 10.6. The summed E-state index contributed by atoms with van der Waals surface area (Å²) >= 11 is 7.57. The molecule has 0 aliphatic heterocycles. The molecule has 0 bridgehead atoms. The summed E-state index contributed by atoms with van der Waals surface area (Å²) in [5, 5.41) is 5.17. The van der Waals surface area contributed by atoms with E-state index < -0.39 is 0 Å². The average molecular weight is 332 g/mol. The largest absolute Gasteiger partial charge is 0.348 e. The van der Waals surface area contributed by atoms with Crippen LogP contribution >= 0.6 is 22.9 Å². The fraction of sp³-hybridized carbons (Fsp3) is 0.125. The summed E-state index contributed by atoms with van der Waals surface area (Å²) in [6, 6.07) is 8.05. The third-order valence-corrected chi connectivity index (χ3v) is 4.27. The number of nitrogens with zero attached hydrogens (tertiary/aromatic N) is 2. The Kier molecular flexibility index (Phi) is 4.27. The van der Waals surface area contributed by atoms with Crippen LogP contribution in [0.5, 0.6) is 0 Å². The maximum absolute atomic E-state index is 11.9. The Morgan fingerprint density at radius 1 is 1.41 bits per heavy atom. The van der Waals surface area contributed by atoms with Crippen molar-refractivity contribution in [1.29, 1.82) is 0 Å². The molecule has 0 atom stereocenters. The van der Waals surface area contributed by atoms with E-state index in [-0.39, 0.29) is 5.91 Å². The van der Waals surface area contributed by atoms with E-state index in [4.69, 9.17) is 11.6 Å². The number of hydrogen-bond donors (Lipinski definition) is 1. The maximum atomic E-state index is 11.9. The average Bonchev–Trinajstić information content (AvgIpc) is 3.05. The molecule has 6 heteroatoms. The van der Waals surface area contributed by atoms with Gasteiger partial charge in [-0.05, 0) is 18.6 Å². The number of amides is 1. The van der Waals surface area contributed by atoms with Crippen molar-refractivity contribution in [2.24, 2.45) is 0 Å². The molecule has 2 aromatic heterocycles. The van der Waals surface area contributed by atoms with E-state index in [1.54, 1.807) is 6.08 Å². The number of fused-ring (bicyclic) bond motifs is 1. The zero-order chi connectivity index (χ0) is 15.5. The van der Waals surface area contributed by atoms with Gasteiger partial charge in [0.1, 0.15) is 0 Å². The minimum absolute atomic E-state index is 0.165. The molecule has 0 saturated carbocycles. The summed E-state index contributed by atoms with van der Waals surface area (Å²) in [4.78, 5) is 16.9. The van der Waals surface area contributed by atoms with E-state index in [2.05, 4.69) is 10.3 Å². The smallest absolute Gasteiger partial charge is 0.244 e. The van der Waals surface area contributed by atoms with Crippen LogP contribution in [-0.4, -0.2) is 15.3 Å². The van der Waals surface area contributed by atoms with Gasteiger partial charge in [0, 0.05) is 24.2 Å². The van der Waals surface area contributed by atoms with Crippen LogP contribution in [0, 0.1) is 6.92 Å². The minimum Gasteiger partial charge on any atom is -0.348 e. The van der Waals surface area contributed by atoms with Gasteiger partial charge in [-0.3, -0.25) is 9.20 Å². The van der Waals surface area contributed by atoms with Crippen LogP contribution in [0.1, 0.15) is 16.8 Å². The number of benzene rings is 1. The number of aryl methyl sites for hydroxylation is 1. The van der Waals surface area contributed by atoms with Crippen molar-refractivity contribution in [3.8, 4) is 0 Å². The van der Waals surface area contributed by atoms with Gasteiger partial charge in [-0.15, -0.1) is 11.3 Å². The summed E-state index contributed by atoms with van der Waals surface area (Å²) in [5.41, 5.74) is 2.98. The van der Waals surface area contributed by atoms with Crippen molar-refractivity contribution >= 4 is 39.9 Å². The number of hydrogen-bond acceptors (Lipinski definition) is 3. The fourth-order valence-corrected chi connectivity index (χ4v) is 3.04. The zero-order valence-electron chi connectivity index (χ0n) is 11.9. The molecule has 4 nitrogen and oxygen atoms in total. The van der Waals surface area contributed by atoms with Gasteiger partial charge in [-0.25, -0.2) is 4.98 Å². The normalized spacial score (nSPS) is 11.4. The van der Waals surface area contributed by atoms with Crippen LogP contribution < -0.4 is 5.32 Å². The van der Waals surface area contributed by atoms with Crippen molar-refractivity contribution in [2.45, 2.75) is 13.5 Å². The Labute approximate surface area is 137 Å². The lowest BCUT2D eigenvalue weighted by atomic mass is 10.1. The first-order valence-corrected chi connectivity index (χ1v) is 8.02. The number of imidazole rings is 1. The van der Waals surface area contributed by atoms with E-state index in [1.165, 1.54) is 23.0 Å². The molecular weight excluding hydrogens is 318 g/mol. The van der Waals surface area contributed by atoms with Crippen molar-refractivity contribution in [2.75, 3.05) is 0 Å². The van der Waals surface area contributed by atoms with Crippen molar-refractivity contribution in [3.63, 3.8) is 0 Å². The second-order valence-electron chi connectivity index (χ2n) is 4.88. The quantitative estimate of drug-likeness (QED) is 0.741. The lowest BCUT2D eigenvalue weighted by Crippen LogP contribution is -2.20. The van der Waals surface area contributed by atoms with Crippen LogP contribution in [0.15, 0.2) is 41.9 Å². The summed E-state index contributed by atoms with van der Waals surface area (Å²) in [6.45, 7) is 2.53. The van der Waals surface area contributed by atoms with Gasteiger partial charge in [0.2, 0.25) is 5.91 Å². The first kappa shape index (κ1) is 14.8.